The third kappa shape index (κ3) is 5.31. The molecule has 0 saturated heterocycles. The summed E-state index contributed by atoms with van der Waals surface area (Å²) in [6.07, 6.45) is -0.435. The van der Waals surface area contributed by atoms with Crippen LogP contribution in [0.5, 0.6) is 0 Å². The van der Waals surface area contributed by atoms with Gasteiger partial charge in [-0.1, -0.05) is 38.1 Å². The Labute approximate surface area is 104 Å². The lowest BCUT2D eigenvalue weighted by molar-refractivity contribution is 0.0644. The van der Waals surface area contributed by atoms with Gasteiger partial charge in [0.15, 0.2) is 0 Å². The van der Waals surface area contributed by atoms with E-state index in [1.807, 2.05) is 0 Å². The molecule has 3 nitrogen and oxygen atoms in total. The van der Waals surface area contributed by atoms with Crippen molar-refractivity contribution in [1.82, 2.24) is 5.32 Å². The van der Waals surface area contributed by atoms with Gasteiger partial charge < -0.3 is 15.2 Å². The van der Waals surface area contributed by atoms with E-state index in [4.69, 9.17) is 4.74 Å². The first-order valence-corrected chi connectivity index (χ1v) is 6.10. The maximum Gasteiger partial charge on any atom is 0.0897 e. The molecule has 1 rings (SSSR count). The Kier molecular flexibility index (Phi) is 6.19. The minimum atomic E-state index is -0.435. The van der Waals surface area contributed by atoms with Crippen LogP contribution in [0.15, 0.2) is 24.3 Å². The average molecular weight is 237 g/mol. The van der Waals surface area contributed by atoms with Crippen LogP contribution in [0.4, 0.5) is 0 Å². The van der Waals surface area contributed by atoms with Crippen molar-refractivity contribution in [3.05, 3.63) is 35.4 Å². The Balaban J connectivity index is 2.32. The molecule has 1 unspecified atom stereocenters. The number of hydrogen-bond acceptors (Lipinski definition) is 3. The van der Waals surface area contributed by atoms with Gasteiger partial charge >= 0.3 is 0 Å². The Morgan fingerprint density at radius 1 is 1.24 bits per heavy atom. The van der Waals surface area contributed by atoms with Crippen molar-refractivity contribution in [1.29, 1.82) is 0 Å². The van der Waals surface area contributed by atoms with Crippen LogP contribution in [0, 0.1) is 0 Å². The van der Waals surface area contributed by atoms with Crippen molar-refractivity contribution in [2.75, 3.05) is 20.3 Å². The largest absolute Gasteiger partial charge is 0.389 e. The minimum absolute atomic E-state index is 0.374. The third-order valence-electron chi connectivity index (χ3n) is 2.71. The Morgan fingerprint density at radius 2 is 1.88 bits per heavy atom. The summed E-state index contributed by atoms with van der Waals surface area (Å²) >= 11 is 0. The highest BCUT2D eigenvalue weighted by Crippen LogP contribution is 2.14. The zero-order valence-electron chi connectivity index (χ0n) is 10.9. The van der Waals surface area contributed by atoms with E-state index in [9.17, 15) is 5.11 Å². The first kappa shape index (κ1) is 14.2. The van der Waals surface area contributed by atoms with E-state index in [0.717, 1.165) is 6.54 Å². The van der Waals surface area contributed by atoms with Crippen LogP contribution in [0.1, 0.15) is 30.9 Å². The van der Waals surface area contributed by atoms with E-state index >= 15 is 0 Å². The second-order valence-electron chi connectivity index (χ2n) is 4.64. The van der Waals surface area contributed by atoms with Crippen molar-refractivity contribution in [3.63, 3.8) is 0 Å². The van der Waals surface area contributed by atoms with Crippen LogP contribution in [-0.4, -0.2) is 31.5 Å². The smallest absolute Gasteiger partial charge is 0.0897 e. The number of nitrogens with one attached hydrogen (secondary N) is 1. The summed E-state index contributed by atoms with van der Waals surface area (Å²) in [5, 5.41) is 12.7. The summed E-state index contributed by atoms with van der Waals surface area (Å²) in [5.74, 6) is 0.570. The first-order valence-electron chi connectivity index (χ1n) is 6.10. The van der Waals surface area contributed by atoms with Gasteiger partial charge in [-0.25, -0.2) is 0 Å². The van der Waals surface area contributed by atoms with Gasteiger partial charge in [0.05, 0.1) is 12.7 Å². The number of hydrogen-bond donors (Lipinski definition) is 2. The fourth-order valence-electron chi connectivity index (χ4n) is 1.65. The van der Waals surface area contributed by atoms with E-state index in [-0.39, 0.29) is 0 Å². The average Bonchev–Trinajstić information content (AvgIpc) is 2.30. The standard InChI is InChI=1S/C14H23NO2/c1-11(2)13-6-4-12(5-7-13)8-15-9-14(16)10-17-3/h4-7,11,14-16H,8-10H2,1-3H3. The lowest BCUT2D eigenvalue weighted by Gasteiger charge is -2.11. The van der Waals surface area contributed by atoms with Crippen molar-refractivity contribution in [2.45, 2.75) is 32.4 Å². The molecule has 1 aromatic rings. The number of rotatable bonds is 7. The maximum atomic E-state index is 9.46. The van der Waals surface area contributed by atoms with Gasteiger partial charge in [-0.05, 0) is 17.0 Å². The van der Waals surface area contributed by atoms with Gasteiger partial charge in [0.25, 0.3) is 0 Å². The highest BCUT2D eigenvalue weighted by atomic mass is 16.5. The highest BCUT2D eigenvalue weighted by molar-refractivity contribution is 5.24. The molecule has 1 atom stereocenters. The number of aliphatic hydroxyl groups is 1. The molecule has 0 saturated carbocycles. The van der Waals surface area contributed by atoms with Crippen LogP contribution < -0.4 is 5.32 Å². The van der Waals surface area contributed by atoms with Crippen LogP contribution in [0.2, 0.25) is 0 Å². The summed E-state index contributed by atoms with van der Waals surface area (Å²) in [6.45, 7) is 6.08. The molecule has 0 fully saturated rings. The lowest BCUT2D eigenvalue weighted by Crippen LogP contribution is -2.29. The van der Waals surface area contributed by atoms with E-state index in [2.05, 4.69) is 43.4 Å². The SMILES string of the molecule is COCC(O)CNCc1ccc(C(C)C)cc1. The van der Waals surface area contributed by atoms with E-state index < -0.39 is 6.10 Å². The molecule has 0 aromatic heterocycles. The predicted octanol–water partition coefficient (Wildman–Crippen LogP) is 1.91. The van der Waals surface area contributed by atoms with E-state index in [1.165, 1.54) is 11.1 Å². The molecule has 2 N–H and O–H groups in total. The highest BCUT2D eigenvalue weighted by Gasteiger charge is 2.02. The van der Waals surface area contributed by atoms with Gasteiger partial charge in [0.1, 0.15) is 0 Å². The predicted molar refractivity (Wildman–Crippen MR) is 70.1 cm³/mol. The number of ether oxygens (including phenoxy) is 1. The fraction of sp³-hybridized carbons (Fsp3) is 0.571. The molecule has 1 aromatic carbocycles. The lowest BCUT2D eigenvalue weighted by atomic mass is 10.0. The molecule has 17 heavy (non-hydrogen) atoms. The van der Waals surface area contributed by atoms with Crippen LogP contribution in [0.25, 0.3) is 0 Å². The molecule has 0 aliphatic rings. The Hall–Kier alpha value is -0.900. The molecule has 3 heteroatoms. The van der Waals surface area contributed by atoms with Gasteiger partial charge in [0.2, 0.25) is 0 Å². The molecule has 0 amide bonds. The van der Waals surface area contributed by atoms with Gasteiger partial charge in [-0.2, -0.15) is 0 Å². The van der Waals surface area contributed by atoms with Crippen molar-refractivity contribution < 1.29 is 9.84 Å². The fourth-order valence-corrected chi connectivity index (χ4v) is 1.65. The Morgan fingerprint density at radius 3 is 2.41 bits per heavy atom. The Bertz CT molecular complexity index is 309. The molecule has 0 aliphatic carbocycles. The maximum absolute atomic E-state index is 9.46. The first-order chi connectivity index (χ1) is 8.13. The summed E-state index contributed by atoms with van der Waals surface area (Å²) in [7, 11) is 1.59. The minimum Gasteiger partial charge on any atom is -0.389 e. The quantitative estimate of drug-likeness (QED) is 0.761. The van der Waals surface area contributed by atoms with Crippen LogP contribution in [0.3, 0.4) is 0 Å². The molecule has 0 radical (unpaired) electrons. The monoisotopic (exact) mass is 237 g/mol. The van der Waals surface area contributed by atoms with E-state index in [0.29, 0.717) is 19.1 Å². The number of benzene rings is 1. The molecular weight excluding hydrogens is 214 g/mol. The molecule has 96 valence electrons. The van der Waals surface area contributed by atoms with Gasteiger partial charge in [-0.3, -0.25) is 0 Å². The zero-order valence-corrected chi connectivity index (χ0v) is 10.9. The molecular formula is C14H23NO2. The van der Waals surface area contributed by atoms with Crippen LogP contribution >= 0.6 is 0 Å². The van der Waals surface area contributed by atoms with Crippen molar-refractivity contribution in [3.8, 4) is 0 Å². The van der Waals surface area contributed by atoms with Gasteiger partial charge in [0, 0.05) is 20.2 Å². The number of aliphatic hydroxyl groups excluding tert-OH is 1. The summed E-state index contributed by atoms with van der Waals surface area (Å²) in [4.78, 5) is 0. The zero-order chi connectivity index (χ0) is 12.7. The molecule has 0 heterocycles. The van der Waals surface area contributed by atoms with Crippen molar-refractivity contribution in [2.24, 2.45) is 0 Å². The van der Waals surface area contributed by atoms with Gasteiger partial charge in [-0.15, -0.1) is 0 Å². The van der Waals surface area contributed by atoms with E-state index in [1.54, 1.807) is 7.11 Å². The second kappa shape index (κ2) is 7.43. The van der Waals surface area contributed by atoms with Crippen LogP contribution in [-0.2, 0) is 11.3 Å². The summed E-state index contributed by atoms with van der Waals surface area (Å²) < 4.78 is 4.86. The third-order valence-corrected chi connectivity index (χ3v) is 2.71. The normalized spacial score (nSPS) is 13.0. The molecule has 0 spiro atoms. The second-order valence-corrected chi connectivity index (χ2v) is 4.64. The topological polar surface area (TPSA) is 41.5 Å². The summed E-state index contributed by atoms with van der Waals surface area (Å²) in [5.41, 5.74) is 2.59. The summed E-state index contributed by atoms with van der Waals surface area (Å²) in [6, 6.07) is 8.58. The van der Waals surface area contributed by atoms with Crippen molar-refractivity contribution >= 4 is 0 Å². The number of methoxy groups -OCH3 is 1. The molecule has 0 bridgehead atoms. The molecule has 0 aliphatic heterocycles.